The number of piperidine rings is 1. The van der Waals surface area contributed by atoms with Crippen LogP contribution in [0.25, 0.3) is 0 Å². The van der Waals surface area contributed by atoms with Gasteiger partial charge in [-0.15, -0.1) is 0 Å². The molecule has 1 aromatic carbocycles. The predicted molar refractivity (Wildman–Crippen MR) is 78.5 cm³/mol. The molecule has 2 saturated heterocycles. The third-order valence-electron chi connectivity index (χ3n) is 4.21. The summed E-state index contributed by atoms with van der Waals surface area (Å²) in [5.41, 5.74) is 0.719. The summed E-state index contributed by atoms with van der Waals surface area (Å²) in [6.45, 7) is 1.92. The van der Waals surface area contributed by atoms with E-state index in [1.54, 1.807) is 12.1 Å². The van der Waals surface area contributed by atoms with E-state index in [9.17, 15) is 9.90 Å². The van der Waals surface area contributed by atoms with Gasteiger partial charge in [-0.25, -0.2) is 0 Å². The molecule has 0 aromatic heterocycles. The summed E-state index contributed by atoms with van der Waals surface area (Å²) >= 11 is 12.3. The lowest BCUT2D eigenvalue weighted by molar-refractivity contribution is -0.136. The van der Waals surface area contributed by atoms with E-state index in [4.69, 9.17) is 23.2 Å². The molecule has 108 valence electrons. The van der Waals surface area contributed by atoms with E-state index < -0.39 is 0 Å². The van der Waals surface area contributed by atoms with Crippen molar-refractivity contribution < 1.29 is 9.90 Å². The Bertz CT molecular complexity index is 550. The van der Waals surface area contributed by atoms with Crippen LogP contribution in [0.15, 0.2) is 12.1 Å². The molecule has 2 aliphatic heterocycles. The zero-order valence-corrected chi connectivity index (χ0v) is 12.4. The van der Waals surface area contributed by atoms with Gasteiger partial charge in [0.1, 0.15) is 5.75 Å². The molecule has 3 rings (SSSR count). The quantitative estimate of drug-likeness (QED) is 0.836. The van der Waals surface area contributed by atoms with Crippen LogP contribution in [0.1, 0.15) is 24.3 Å². The number of halogens is 2. The molecule has 0 saturated carbocycles. The van der Waals surface area contributed by atoms with Gasteiger partial charge in [-0.2, -0.15) is 0 Å². The molecule has 1 aromatic rings. The van der Waals surface area contributed by atoms with Gasteiger partial charge in [0.25, 0.3) is 0 Å². The number of carbonyl (C=O) groups excluding carboxylic acids is 1. The number of carbonyl (C=O) groups is 1. The second kappa shape index (κ2) is 5.43. The van der Waals surface area contributed by atoms with E-state index in [0.717, 1.165) is 24.9 Å². The third kappa shape index (κ3) is 2.36. The number of benzene rings is 1. The van der Waals surface area contributed by atoms with E-state index >= 15 is 0 Å². The number of phenolic OH excluding ortho intramolecular Hbond substituents is 1. The number of fused-ring (bicyclic) bond motifs is 1. The molecule has 0 unspecified atom stereocenters. The van der Waals surface area contributed by atoms with Gasteiger partial charge < -0.3 is 15.3 Å². The Morgan fingerprint density at radius 1 is 1.35 bits per heavy atom. The van der Waals surface area contributed by atoms with Crippen LogP contribution in [0.5, 0.6) is 5.75 Å². The summed E-state index contributed by atoms with van der Waals surface area (Å²) < 4.78 is 0. The number of amides is 1. The molecule has 20 heavy (non-hydrogen) atoms. The fraction of sp³-hybridized carbons (Fsp3) is 0.500. The average molecular weight is 315 g/mol. The zero-order valence-electron chi connectivity index (χ0n) is 10.9. The summed E-state index contributed by atoms with van der Waals surface area (Å²) in [5, 5.41) is 14.1. The molecule has 2 heterocycles. The van der Waals surface area contributed by atoms with Gasteiger partial charge in [-0.05, 0) is 30.9 Å². The largest absolute Gasteiger partial charge is 0.508 e. The van der Waals surface area contributed by atoms with E-state index in [-0.39, 0.29) is 23.6 Å². The number of phenols is 1. The van der Waals surface area contributed by atoms with Gasteiger partial charge in [0.2, 0.25) is 5.91 Å². The summed E-state index contributed by atoms with van der Waals surface area (Å²) in [7, 11) is 0. The Morgan fingerprint density at radius 3 is 2.95 bits per heavy atom. The maximum absolute atomic E-state index is 11.8. The third-order valence-corrected chi connectivity index (χ3v) is 5.03. The van der Waals surface area contributed by atoms with Crippen molar-refractivity contribution in [2.24, 2.45) is 0 Å². The molecule has 2 N–H and O–H groups in total. The summed E-state index contributed by atoms with van der Waals surface area (Å²) in [6, 6.07) is 3.36. The van der Waals surface area contributed by atoms with Crippen LogP contribution >= 0.6 is 23.2 Å². The summed E-state index contributed by atoms with van der Waals surface area (Å²) in [4.78, 5) is 13.8. The SMILES string of the molecule is O=C1CNC[C@H]2C[C@@H](c3c(O)ccc(Cl)c3Cl)CCN12. The molecule has 0 bridgehead atoms. The van der Waals surface area contributed by atoms with Gasteiger partial charge in [0, 0.05) is 24.7 Å². The summed E-state index contributed by atoms with van der Waals surface area (Å²) in [6.07, 6.45) is 1.60. The Labute approximate surface area is 127 Å². The summed E-state index contributed by atoms with van der Waals surface area (Å²) in [5.74, 6) is 0.476. The minimum absolute atomic E-state index is 0.134. The minimum Gasteiger partial charge on any atom is -0.508 e. The Morgan fingerprint density at radius 2 is 2.15 bits per heavy atom. The highest BCUT2D eigenvalue weighted by Gasteiger charge is 2.36. The minimum atomic E-state index is 0.134. The first kappa shape index (κ1) is 14.0. The van der Waals surface area contributed by atoms with Gasteiger partial charge in [-0.1, -0.05) is 23.2 Å². The molecule has 1 amide bonds. The van der Waals surface area contributed by atoms with Gasteiger partial charge >= 0.3 is 0 Å². The molecule has 4 nitrogen and oxygen atoms in total. The second-order valence-electron chi connectivity index (χ2n) is 5.39. The standard InChI is InChI=1S/C14H16Cl2N2O2/c15-10-1-2-11(19)13(14(10)16)8-3-4-18-9(5-8)6-17-7-12(18)20/h1-2,8-9,17,19H,3-7H2/t8-,9+/m0/s1. The van der Waals surface area contributed by atoms with Crippen molar-refractivity contribution >= 4 is 29.1 Å². The number of hydrogen-bond donors (Lipinski definition) is 2. The van der Waals surface area contributed by atoms with Crippen molar-refractivity contribution in [3.63, 3.8) is 0 Å². The number of aromatic hydroxyl groups is 1. The van der Waals surface area contributed by atoms with Crippen LogP contribution in [-0.4, -0.2) is 41.6 Å². The topological polar surface area (TPSA) is 52.6 Å². The number of nitrogens with zero attached hydrogens (tertiary/aromatic N) is 1. The lowest BCUT2D eigenvalue weighted by Crippen LogP contribution is -2.57. The Hall–Kier alpha value is -0.970. The van der Waals surface area contributed by atoms with Crippen molar-refractivity contribution in [2.75, 3.05) is 19.6 Å². The van der Waals surface area contributed by atoms with Crippen molar-refractivity contribution in [1.82, 2.24) is 10.2 Å². The fourth-order valence-electron chi connectivity index (χ4n) is 3.23. The number of nitrogens with one attached hydrogen (secondary N) is 1. The van der Waals surface area contributed by atoms with Crippen LogP contribution in [0.2, 0.25) is 10.0 Å². The molecule has 0 aliphatic carbocycles. The van der Waals surface area contributed by atoms with Crippen molar-refractivity contribution in [3.05, 3.63) is 27.7 Å². The fourth-order valence-corrected chi connectivity index (χ4v) is 3.71. The van der Waals surface area contributed by atoms with Gasteiger partial charge in [0.05, 0.1) is 16.6 Å². The predicted octanol–water partition coefficient (Wildman–Crippen LogP) is 2.38. The smallest absolute Gasteiger partial charge is 0.236 e. The Kier molecular flexibility index (Phi) is 3.80. The van der Waals surface area contributed by atoms with E-state index in [0.29, 0.717) is 23.1 Å². The monoisotopic (exact) mass is 314 g/mol. The number of hydrogen-bond acceptors (Lipinski definition) is 3. The van der Waals surface area contributed by atoms with E-state index in [2.05, 4.69) is 5.32 Å². The first-order valence-electron chi connectivity index (χ1n) is 6.75. The molecule has 0 spiro atoms. The zero-order chi connectivity index (χ0) is 14.3. The molecular weight excluding hydrogens is 299 g/mol. The van der Waals surface area contributed by atoms with E-state index in [1.807, 2.05) is 4.90 Å². The van der Waals surface area contributed by atoms with Crippen molar-refractivity contribution in [1.29, 1.82) is 0 Å². The highest BCUT2D eigenvalue weighted by molar-refractivity contribution is 6.42. The molecule has 2 aliphatic rings. The second-order valence-corrected chi connectivity index (χ2v) is 6.17. The van der Waals surface area contributed by atoms with Crippen molar-refractivity contribution in [2.45, 2.75) is 24.8 Å². The average Bonchev–Trinajstić information content (AvgIpc) is 2.44. The van der Waals surface area contributed by atoms with Crippen LogP contribution in [0, 0.1) is 0 Å². The van der Waals surface area contributed by atoms with E-state index in [1.165, 1.54) is 0 Å². The lowest BCUT2D eigenvalue weighted by Gasteiger charge is -2.43. The maximum atomic E-state index is 11.8. The van der Waals surface area contributed by atoms with Crippen molar-refractivity contribution in [3.8, 4) is 5.75 Å². The first-order valence-corrected chi connectivity index (χ1v) is 7.50. The molecule has 0 radical (unpaired) electrons. The first-order chi connectivity index (χ1) is 9.58. The highest BCUT2D eigenvalue weighted by Crippen LogP contribution is 2.43. The van der Waals surface area contributed by atoms with Gasteiger partial charge in [0.15, 0.2) is 0 Å². The van der Waals surface area contributed by atoms with Crippen LogP contribution < -0.4 is 5.32 Å². The molecule has 6 heteroatoms. The molecular formula is C14H16Cl2N2O2. The maximum Gasteiger partial charge on any atom is 0.236 e. The van der Waals surface area contributed by atoms with Crippen LogP contribution in [0.3, 0.4) is 0 Å². The lowest BCUT2D eigenvalue weighted by atomic mass is 9.84. The number of rotatable bonds is 1. The molecule has 2 atom stereocenters. The molecule has 2 fully saturated rings. The van der Waals surface area contributed by atoms with Crippen LogP contribution in [0.4, 0.5) is 0 Å². The highest BCUT2D eigenvalue weighted by atomic mass is 35.5. The van der Waals surface area contributed by atoms with Crippen LogP contribution in [-0.2, 0) is 4.79 Å². The normalized spacial score (nSPS) is 26.5. The number of piperazine rings is 1. The Balaban J connectivity index is 1.87. The van der Waals surface area contributed by atoms with Gasteiger partial charge in [-0.3, -0.25) is 4.79 Å².